The van der Waals surface area contributed by atoms with Crippen LogP contribution in [0.1, 0.15) is 91.4 Å². The third-order valence-corrected chi connectivity index (χ3v) is 15.1. The van der Waals surface area contributed by atoms with Gasteiger partial charge >= 0.3 is 5.69 Å². The van der Waals surface area contributed by atoms with Crippen molar-refractivity contribution >= 4 is 44.0 Å². The number of nitrogens with zero attached hydrogens (tertiary/aromatic N) is 5. The van der Waals surface area contributed by atoms with Crippen LogP contribution in [0.4, 0.5) is 21.5 Å². The summed E-state index contributed by atoms with van der Waals surface area (Å²) in [6, 6.07) is 24.8. The molecular weight excluding hydrogens is 864 g/mol. The van der Waals surface area contributed by atoms with E-state index in [-0.39, 0.29) is 34.9 Å². The smallest absolute Gasteiger partial charge is 0.300 e. The van der Waals surface area contributed by atoms with Crippen LogP contribution >= 0.6 is 0 Å². The molecule has 342 valence electrons. The van der Waals surface area contributed by atoms with E-state index < -0.39 is 43.4 Å². The lowest BCUT2D eigenvalue weighted by molar-refractivity contribution is -0.384. The van der Waals surface area contributed by atoms with E-state index in [4.69, 9.17) is 9.47 Å². The number of sulfonamides is 1. The average molecular weight is 915 g/mol. The number of fused-ring (bicyclic) bond motifs is 2. The maximum absolute atomic E-state index is 14.0. The maximum atomic E-state index is 14.0. The number of pyridine rings is 2. The van der Waals surface area contributed by atoms with Crippen LogP contribution < -0.4 is 24.4 Å². The normalized spacial score (nSPS) is 19.5. The van der Waals surface area contributed by atoms with Crippen molar-refractivity contribution in [2.24, 2.45) is 5.41 Å². The number of anilines is 2. The summed E-state index contributed by atoms with van der Waals surface area (Å²) in [5.41, 5.74) is 4.66. The molecule has 1 aliphatic carbocycles. The number of aromatic nitrogens is 3. The highest BCUT2D eigenvalue weighted by Crippen LogP contribution is 2.54. The van der Waals surface area contributed by atoms with Gasteiger partial charge in [-0.2, -0.15) is 13.4 Å². The summed E-state index contributed by atoms with van der Waals surface area (Å²) in [6.45, 7) is 7.32. The van der Waals surface area contributed by atoms with Crippen LogP contribution in [-0.4, -0.2) is 77.4 Å². The molecular formula is C49H51FN8O7S. The van der Waals surface area contributed by atoms with Crippen molar-refractivity contribution in [3.63, 3.8) is 0 Å². The Morgan fingerprint density at radius 3 is 2.61 bits per heavy atom. The summed E-state index contributed by atoms with van der Waals surface area (Å²) >= 11 is 0. The molecule has 3 fully saturated rings. The zero-order valence-electron chi connectivity index (χ0n) is 36.7. The van der Waals surface area contributed by atoms with Gasteiger partial charge in [0.25, 0.3) is 15.9 Å². The number of likely N-dealkylation sites (tertiary alicyclic amines) is 1. The standard InChI is InChI=1S/C49H51FN8O7S/c1-30(2)38-6-3-4-7-39(38)41-8-5-19-57(41)36-26-49(27-36)16-20-56(21-17-49)35-13-14-40(43(24-35)65-37-23-32-15-18-51-46(32)52-28-37)47(59)55-66(62,63)44-25-42(58(60)61)45-48(54-44)64-29-34(53-45)22-31-9-11-33(50)12-10-31/h3-4,6-7,9-15,18,23-25,28,30,34,36,41,53H,5,8,16-17,19-22,26-27,29H2,1-2H3,(H,51,52)(H,55,59)/t34-,41-/m0/s1. The summed E-state index contributed by atoms with van der Waals surface area (Å²) < 4.78 is 55.3. The molecule has 17 heteroatoms. The van der Waals surface area contributed by atoms with E-state index in [0.29, 0.717) is 35.8 Å². The van der Waals surface area contributed by atoms with Gasteiger partial charge in [-0.25, -0.2) is 14.1 Å². The molecule has 10 rings (SSSR count). The second kappa shape index (κ2) is 17.3. The molecule has 2 saturated heterocycles. The average Bonchev–Trinajstić information content (AvgIpc) is 3.99. The number of H-pyrrole nitrogens is 1. The lowest BCUT2D eigenvalue weighted by Gasteiger charge is -2.56. The minimum absolute atomic E-state index is 0.00753. The predicted molar refractivity (Wildman–Crippen MR) is 247 cm³/mol. The Balaban J connectivity index is 0.856. The molecule has 15 nitrogen and oxygen atoms in total. The molecule has 0 unspecified atom stereocenters. The number of hydrogen-bond donors (Lipinski definition) is 3. The molecule has 3 aromatic carbocycles. The minimum atomic E-state index is -4.79. The van der Waals surface area contributed by atoms with Gasteiger partial charge < -0.3 is 24.7 Å². The molecule has 4 aliphatic rings. The van der Waals surface area contributed by atoms with Crippen molar-refractivity contribution in [2.75, 3.05) is 36.5 Å². The molecule has 1 spiro atoms. The number of aromatic amines is 1. The van der Waals surface area contributed by atoms with Crippen molar-refractivity contribution in [2.45, 2.75) is 87.9 Å². The van der Waals surface area contributed by atoms with Crippen molar-refractivity contribution in [1.29, 1.82) is 0 Å². The van der Waals surface area contributed by atoms with Gasteiger partial charge in [0.05, 0.1) is 28.8 Å². The fourth-order valence-corrected chi connectivity index (χ4v) is 11.4. The Morgan fingerprint density at radius 1 is 1.05 bits per heavy atom. The Morgan fingerprint density at radius 2 is 1.83 bits per heavy atom. The van der Waals surface area contributed by atoms with E-state index in [9.17, 15) is 27.7 Å². The first kappa shape index (κ1) is 43.3. The van der Waals surface area contributed by atoms with Crippen LogP contribution in [-0.2, 0) is 16.4 Å². The van der Waals surface area contributed by atoms with Crippen molar-refractivity contribution in [3.8, 4) is 17.4 Å². The number of rotatable bonds is 12. The molecule has 2 atom stereocenters. The zero-order chi connectivity index (χ0) is 45.7. The number of carbonyl (C=O) groups is 1. The van der Waals surface area contributed by atoms with Crippen molar-refractivity contribution in [3.05, 3.63) is 136 Å². The van der Waals surface area contributed by atoms with Crippen LogP contribution in [0, 0.1) is 21.3 Å². The second-order valence-electron chi connectivity index (χ2n) is 18.4. The van der Waals surface area contributed by atoms with Gasteiger partial charge in [0, 0.05) is 48.5 Å². The highest BCUT2D eigenvalue weighted by atomic mass is 32.2. The fraction of sp³-hybridized carbons (Fsp3) is 0.367. The summed E-state index contributed by atoms with van der Waals surface area (Å²) in [5, 5.41) is 15.3. The van der Waals surface area contributed by atoms with Gasteiger partial charge in [-0.15, -0.1) is 0 Å². The number of nitro groups is 1. The van der Waals surface area contributed by atoms with E-state index in [2.05, 4.69) is 72.9 Å². The van der Waals surface area contributed by atoms with Crippen LogP contribution in [0.25, 0.3) is 11.0 Å². The Kier molecular flexibility index (Phi) is 11.4. The van der Waals surface area contributed by atoms with E-state index in [1.54, 1.807) is 36.5 Å². The summed E-state index contributed by atoms with van der Waals surface area (Å²) in [6.07, 6.45) is 10.5. The summed E-state index contributed by atoms with van der Waals surface area (Å²) in [4.78, 5) is 42.2. The molecule has 6 heterocycles. The van der Waals surface area contributed by atoms with E-state index in [0.717, 1.165) is 55.2 Å². The number of hydrogen-bond acceptors (Lipinski definition) is 12. The monoisotopic (exact) mass is 914 g/mol. The fourth-order valence-electron chi connectivity index (χ4n) is 10.5. The van der Waals surface area contributed by atoms with E-state index >= 15 is 0 Å². The minimum Gasteiger partial charge on any atom is -0.474 e. The van der Waals surface area contributed by atoms with Crippen molar-refractivity contribution < 1.29 is 32.0 Å². The van der Waals surface area contributed by atoms with Crippen LogP contribution in [0.3, 0.4) is 0 Å². The third kappa shape index (κ3) is 8.52. The largest absolute Gasteiger partial charge is 0.474 e. The van der Waals surface area contributed by atoms with Gasteiger partial charge in [-0.3, -0.25) is 19.8 Å². The Bertz CT molecular complexity index is 2930. The van der Waals surface area contributed by atoms with Gasteiger partial charge in [0.15, 0.2) is 10.7 Å². The first-order chi connectivity index (χ1) is 31.8. The number of ether oxygens (including phenoxy) is 2. The molecule has 3 N–H and O–H groups in total. The van der Waals surface area contributed by atoms with E-state index in [1.165, 1.54) is 61.2 Å². The lowest BCUT2D eigenvalue weighted by atomic mass is 9.59. The number of piperidine rings is 1. The first-order valence-corrected chi connectivity index (χ1v) is 24.0. The summed E-state index contributed by atoms with van der Waals surface area (Å²) in [5.74, 6) is -0.806. The molecule has 6 aromatic rings. The Labute approximate surface area is 381 Å². The number of carbonyl (C=O) groups excluding carboxylic acids is 1. The molecule has 3 aliphatic heterocycles. The molecule has 0 bridgehead atoms. The van der Waals surface area contributed by atoms with Gasteiger partial charge in [0.1, 0.15) is 29.6 Å². The molecule has 1 saturated carbocycles. The quantitative estimate of drug-likeness (QED) is 0.0783. The zero-order valence-corrected chi connectivity index (χ0v) is 37.5. The molecule has 66 heavy (non-hydrogen) atoms. The van der Waals surface area contributed by atoms with E-state index in [1.807, 2.05) is 6.07 Å². The van der Waals surface area contributed by atoms with Gasteiger partial charge in [-0.05, 0) is 116 Å². The summed E-state index contributed by atoms with van der Waals surface area (Å²) in [7, 11) is -4.79. The SMILES string of the molecule is CC(C)c1ccccc1[C@@H]1CCCN1C1CC2(CCN(c3ccc(C(=O)NS(=O)(=O)c4cc([N+](=O)[O-])c5c(n4)OC[C@H](Cc4ccc(F)cc4)N5)c(Oc4cnc5[nH]ccc5c4)c3)CC2)C1. The van der Waals surface area contributed by atoms with Crippen LogP contribution in [0.2, 0.25) is 0 Å². The lowest BCUT2D eigenvalue weighted by Crippen LogP contribution is -2.54. The number of benzene rings is 3. The Hall–Kier alpha value is -6.59. The van der Waals surface area contributed by atoms with Crippen LogP contribution in [0.15, 0.2) is 102 Å². The van der Waals surface area contributed by atoms with Gasteiger partial charge in [-0.1, -0.05) is 50.2 Å². The molecule has 3 aromatic heterocycles. The second-order valence-corrected chi connectivity index (χ2v) is 20.1. The third-order valence-electron chi connectivity index (χ3n) is 13.9. The maximum Gasteiger partial charge on any atom is 0.300 e. The highest BCUT2D eigenvalue weighted by Gasteiger charge is 2.50. The number of amides is 1. The van der Waals surface area contributed by atoms with Gasteiger partial charge in [0.2, 0.25) is 5.88 Å². The number of nitrogens with one attached hydrogen (secondary N) is 3. The van der Waals surface area contributed by atoms with Crippen LogP contribution in [0.5, 0.6) is 17.4 Å². The first-order valence-electron chi connectivity index (χ1n) is 22.6. The highest BCUT2D eigenvalue weighted by molar-refractivity contribution is 7.90. The molecule has 1 amide bonds. The van der Waals surface area contributed by atoms with Crippen molar-refractivity contribution in [1.82, 2.24) is 24.6 Å². The predicted octanol–water partition coefficient (Wildman–Crippen LogP) is 9.04. The number of halogens is 1. The molecule has 0 radical (unpaired) electrons. The topological polar surface area (TPSA) is 185 Å².